The number of halogens is 1. The van der Waals surface area contributed by atoms with Crippen molar-refractivity contribution in [1.82, 2.24) is 9.88 Å². The number of aromatic nitrogens is 1. The summed E-state index contributed by atoms with van der Waals surface area (Å²) in [5.74, 6) is 0. The van der Waals surface area contributed by atoms with E-state index in [0.717, 1.165) is 11.0 Å². The molecule has 2 aromatic rings. The summed E-state index contributed by atoms with van der Waals surface area (Å²) < 4.78 is 3.38. The lowest BCUT2D eigenvalue weighted by atomic mass is 10.2. The molecular weight excluding hydrogens is 264 g/mol. The lowest BCUT2D eigenvalue weighted by Gasteiger charge is -2.08. The molecule has 3 heteroatoms. The number of hydrogen-bond donors (Lipinski definition) is 1. The molecular formula is C13H17BrN2. The number of nitrogens with one attached hydrogen (secondary N) is 1. The van der Waals surface area contributed by atoms with E-state index in [9.17, 15) is 0 Å². The molecule has 0 atom stereocenters. The van der Waals surface area contributed by atoms with Crippen LogP contribution in [-0.2, 0) is 13.6 Å². The van der Waals surface area contributed by atoms with Gasteiger partial charge < -0.3 is 9.88 Å². The zero-order chi connectivity index (χ0) is 11.7. The lowest BCUT2D eigenvalue weighted by Crippen LogP contribution is -2.22. The molecule has 0 fully saturated rings. The Balaban J connectivity index is 2.36. The normalized spacial score (nSPS) is 11.6. The smallest absolute Gasteiger partial charge is 0.0481 e. The monoisotopic (exact) mass is 280 g/mol. The van der Waals surface area contributed by atoms with Crippen LogP contribution < -0.4 is 5.32 Å². The van der Waals surface area contributed by atoms with Crippen LogP contribution in [0.3, 0.4) is 0 Å². The largest absolute Gasteiger partial charge is 0.346 e. The molecule has 2 rings (SSSR count). The summed E-state index contributed by atoms with van der Waals surface area (Å²) in [6.07, 6.45) is 0. The van der Waals surface area contributed by atoms with E-state index in [2.05, 4.69) is 71.0 Å². The molecule has 0 aliphatic rings. The zero-order valence-electron chi connectivity index (χ0n) is 9.92. The van der Waals surface area contributed by atoms with E-state index in [1.54, 1.807) is 0 Å². The Morgan fingerprint density at radius 2 is 2.06 bits per heavy atom. The molecule has 0 aliphatic heterocycles. The van der Waals surface area contributed by atoms with Crippen LogP contribution in [0.1, 0.15) is 19.5 Å². The van der Waals surface area contributed by atoms with Crippen LogP contribution in [-0.4, -0.2) is 10.6 Å². The average molecular weight is 281 g/mol. The second kappa shape index (κ2) is 4.60. The van der Waals surface area contributed by atoms with Crippen molar-refractivity contribution in [3.8, 4) is 0 Å². The first-order valence-corrected chi connectivity index (χ1v) is 6.34. The first-order valence-electron chi connectivity index (χ1n) is 5.55. The number of nitrogens with zero attached hydrogens (tertiary/aromatic N) is 1. The average Bonchev–Trinajstić information content (AvgIpc) is 2.52. The van der Waals surface area contributed by atoms with Crippen molar-refractivity contribution in [3.05, 3.63) is 34.4 Å². The van der Waals surface area contributed by atoms with Crippen LogP contribution in [0.25, 0.3) is 10.9 Å². The van der Waals surface area contributed by atoms with E-state index < -0.39 is 0 Å². The predicted octanol–water partition coefficient (Wildman–Crippen LogP) is 3.44. The SMILES string of the molecule is CC(C)NCc1cc2cc(Br)ccc2n1C. The predicted molar refractivity (Wildman–Crippen MR) is 72.6 cm³/mol. The molecule has 0 aliphatic carbocycles. The summed E-state index contributed by atoms with van der Waals surface area (Å²) in [7, 11) is 2.12. The van der Waals surface area contributed by atoms with Gasteiger partial charge in [-0.3, -0.25) is 0 Å². The maximum Gasteiger partial charge on any atom is 0.0481 e. The number of fused-ring (bicyclic) bond motifs is 1. The van der Waals surface area contributed by atoms with Gasteiger partial charge >= 0.3 is 0 Å². The first-order chi connectivity index (χ1) is 7.58. The third-order valence-electron chi connectivity index (χ3n) is 2.80. The van der Waals surface area contributed by atoms with E-state index in [4.69, 9.17) is 0 Å². The van der Waals surface area contributed by atoms with E-state index >= 15 is 0 Å². The van der Waals surface area contributed by atoms with E-state index in [0.29, 0.717) is 6.04 Å². The molecule has 0 bridgehead atoms. The summed E-state index contributed by atoms with van der Waals surface area (Å²) in [5.41, 5.74) is 2.60. The van der Waals surface area contributed by atoms with Gasteiger partial charge in [-0.1, -0.05) is 29.8 Å². The number of rotatable bonds is 3. The third-order valence-corrected chi connectivity index (χ3v) is 3.29. The summed E-state index contributed by atoms with van der Waals surface area (Å²) in [6, 6.07) is 9.16. The van der Waals surface area contributed by atoms with Crippen molar-refractivity contribution in [2.75, 3.05) is 0 Å². The molecule has 1 N–H and O–H groups in total. The van der Waals surface area contributed by atoms with Gasteiger partial charge in [0.15, 0.2) is 0 Å². The summed E-state index contributed by atoms with van der Waals surface area (Å²) >= 11 is 3.50. The highest BCUT2D eigenvalue weighted by Crippen LogP contribution is 2.22. The summed E-state index contributed by atoms with van der Waals surface area (Å²) in [5, 5.41) is 4.73. The molecule has 1 aromatic heterocycles. The Morgan fingerprint density at radius 3 is 2.75 bits per heavy atom. The Labute approximate surface area is 105 Å². The van der Waals surface area contributed by atoms with Crippen molar-refractivity contribution in [3.63, 3.8) is 0 Å². The minimum absolute atomic E-state index is 0.518. The molecule has 0 spiro atoms. The van der Waals surface area contributed by atoms with E-state index in [1.807, 2.05) is 0 Å². The van der Waals surface area contributed by atoms with E-state index in [-0.39, 0.29) is 0 Å². The van der Waals surface area contributed by atoms with Gasteiger partial charge in [-0.05, 0) is 24.3 Å². The zero-order valence-corrected chi connectivity index (χ0v) is 11.5. The van der Waals surface area contributed by atoms with Crippen LogP contribution in [0, 0.1) is 0 Å². The van der Waals surface area contributed by atoms with Gasteiger partial charge in [0, 0.05) is 40.7 Å². The van der Waals surface area contributed by atoms with Gasteiger partial charge in [-0.25, -0.2) is 0 Å². The standard InChI is InChI=1S/C13H17BrN2/c1-9(2)15-8-12-7-10-6-11(14)4-5-13(10)16(12)3/h4-7,9,15H,8H2,1-3H3. The minimum Gasteiger partial charge on any atom is -0.346 e. The van der Waals surface area contributed by atoms with Gasteiger partial charge in [0.05, 0.1) is 0 Å². The summed E-state index contributed by atoms with van der Waals surface area (Å²) in [6.45, 7) is 5.25. The Kier molecular flexibility index (Phi) is 3.36. The first kappa shape index (κ1) is 11.7. The van der Waals surface area contributed by atoms with Crippen LogP contribution >= 0.6 is 15.9 Å². The van der Waals surface area contributed by atoms with Crippen molar-refractivity contribution in [2.24, 2.45) is 7.05 Å². The van der Waals surface area contributed by atoms with E-state index in [1.165, 1.54) is 16.6 Å². The highest BCUT2D eigenvalue weighted by molar-refractivity contribution is 9.10. The van der Waals surface area contributed by atoms with Crippen LogP contribution in [0.15, 0.2) is 28.7 Å². The van der Waals surface area contributed by atoms with Gasteiger partial charge in [0.2, 0.25) is 0 Å². The molecule has 0 amide bonds. The molecule has 0 saturated heterocycles. The number of benzene rings is 1. The van der Waals surface area contributed by atoms with Crippen molar-refractivity contribution >= 4 is 26.8 Å². The van der Waals surface area contributed by atoms with Crippen LogP contribution in [0.2, 0.25) is 0 Å². The number of hydrogen-bond acceptors (Lipinski definition) is 1. The maximum atomic E-state index is 3.50. The van der Waals surface area contributed by atoms with Gasteiger partial charge in [-0.15, -0.1) is 0 Å². The fraction of sp³-hybridized carbons (Fsp3) is 0.385. The lowest BCUT2D eigenvalue weighted by molar-refractivity contribution is 0.572. The van der Waals surface area contributed by atoms with Gasteiger partial charge in [0.1, 0.15) is 0 Å². The second-order valence-electron chi connectivity index (χ2n) is 4.43. The highest BCUT2D eigenvalue weighted by Gasteiger charge is 2.06. The molecule has 0 radical (unpaired) electrons. The minimum atomic E-state index is 0.518. The van der Waals surface area contributed by atoms with Crippen LogP contribution in [0.4, 0.5) is 0 Å². The Morgan fingerprint density at radius 1 is 1.31 bits per heavy atom. The van der Waals surface area contributed by atoms with Crippen molar-refractivity contribution < 1.29 is 0 Å². The topological polar surface area (TPSA) is 17.0 Å². The molecule has 1 aromatic carbocycles. The van der Waals surface area contributed by atoms with Crippen molar-refractivity contribution in [1.29, 1.82) is 0 Å². The molecule has 86 valence electrons. The van der Waals surface area contributed by atoms with Gasteiger partial charge in [-0.2, -0.15) is 0 Å². The van der Waals surface area contributed by atoms with Crippen LogP contribution in [0.5, 0.6) is 0 Å². The fourth-order valence-corrected chi connectivity index (χ4v) is 2.23. The summed E-state index contributed by atoms with van der Waals surface area (Å²) in [4.78, 5) is 0. The number of aryl methyl sites for hydroxylation is 1. The Hall–Kier alpha value is -0.800. The quantitative estimate of drug-likeness (QED) is 0.912. The third kappa shape index (κ3) is 2.30. The molecule has 1 heterocycles. The molecule has 0 saturated carbocycles. The second-order valence-corrected chi connectivity index (χ2v) is 5.35. The fourth-order valence-electron chi connectivity index (χ4n) is 1.86. The van der Waals surface area contributed by atoms with Crippen molar-refractivity contribution in [2.45, 2.75) is 26.4 Å². The maximum absolute atomic E-state index is 3.50. The molecule has 16 heavy (non-hydrogen) atoms. The van der Waals surface area contributed by atoms with Gasteiger partial charge in [0.25, 0.3) is 0 Å². The molecule has 0 unspecified atom stereocenters. The Bertz CT molecular complexity index is 500. The highest BCUT2D eigenvalue weighted by atomic mass is 79.9. The molecule has 2 nitrogen and oxygen atoms in total.